The van der Waals surface area contributed by atoms with Gasteiger partial charge in [-0.25, -0.2) is 8.42 Å². The smallest absolute Gasteiger partial charge is 0.279 e. The number of rotatable bonds is 10. The van der Waals surface area contributed by atoms with Gasteiger partial charge in [0.05, 0.1) is 21.7 Å². The minimum atomic E-state index is -3.73. The molecule has 0 saturated carbocycles. The first kappa shape index (κ1) is 23.8. The number of carbonyl (C=O) groups excluding carboxylic acids is 1. The lowest BCUT2D eigenvalue weighted by Crippen LogP contribution is -2.31. The van der Waals surface area contributed by atoms with Crippen LogP contribution in [0.25, 0.3) is 10.2 Å². The molecule has 3 rings (SSSR count). The van der Waals surface area contributed by atoms with Gasteiger partial charge in [-0.05, 0) is 36.4 Å². The maximum Gasteiger partial charge on any atom is 0.279 e. The fraction of sp³-hybridized carbons (Fsp3) is 0.217. The van der Waals surface area contributed by atoms with Crippen LogP contribution < -0.4 is 4.80 Å². The van der Waals surface area contributed by atoms with E-state index in [0.717, 1.165) is 10.2 Å². The Morgan fingerprint density at radius 1 is 1.12 bits per heavy atom. The van der Waals surface area contributed by atoms with Gasteiger partial charge in [-0.1, -0.05) is 35.6 Å². The minimum absolute atomic E-state index is 0.0924. The zero-order valence-corrected chi connectivity index (χ0v) is 19.4. The number of hydrogen-bond acceptors (Lipinski definition) is 5. The third-order valence-corrected chi connectivity index (χ3v) is 7.61. The van der Waals surface area contributed by atoms with Gasteiger partial charge in [0, 0.05) is 32.3 Å². The van der Waals surface area contributed by atoms with E-state index in [0.29, 0.717) is 23.5 Å². The number of hydrogen-bond donors (Lipinski definition) is 0. The number of fused-ring (bicyclic) bond motifs is 1. The molecule has 0 aliphatic carbocycles. The van der Waals surface area contributed by atoms with Crippen molar-refractivity contribution in [1.82, 2.24) is 8.87 Å². The highest BCUT2D eigenvalue weighted by Gasteiger charge is 2.22. The number of sulfonamides is 1. The molecule has 1 aromatic heterocycles. The van der Waals surface area contributed by atoms with Gasteiger partial charge in [-0.3, -0.25) is 4.79 Å². The zero-order chi connectivity index (χ0) is 23.1. The summed E-state index contributed by atoms with van der Waals surface area (Å²) < 4.78 is 35.1. The molecule has 0 N–H and O–H groups in total. The fourth-order valence-electron chi connectivity index (χ4n) is 3.13. The molecule has 2 aromatic carbocycles. The largest absolute Gasteiger partial charge is 0.383 e. The average Bonchev–Trinajstić information content (AvgIpc) is 3.14. The summed E-state index contributed by atoms with van der Waals surface area (Å²) in [5.74, 6) is -0.444. The van der Waals surface area contributed by atoms with Crippen LogP contribution in [-0.4, -0.2) is 50.0 Å². The molecular weight excluding hydrogens is 446 g/mol. The lowest BCUT2D eigenvalue weighted by Gasteiger charge is -2.19. The molecule has 0 unspecified atom stereocenters. The summed E-state index contributed by atoms with van der Waals surface area (Å²) in [7, 11) is -2.11. The Morgan fingerprint density at radius 3 is 2.41 bits per heavy atom. The monoisotopic (exact) mass is 471 g/mol. The Bertz CT molecular complexity index is 1280. The minimum Gasteiger partial charge on any atom is -0.383 e. The number of aromatic nitrogens is 1. The summed E-state index contributed by atoms with van der Waals surface area (Å²) in [5, 5.41) is 0. The van der Waals surface area contributed by atoms with Gasteiger partial charge in [-0.15, -0.1) is 13.2 Å². The van der Waals surface area contributed by atoms with Crippen LogP contribution in [-0.2, 0) is 21.3 Å². The van der Waals surface area contributed by atoms with Crippen molar-refractivity contribution >= 4 is 37.5 Å². The van der Waals surface area contributed by atoms with Crippen molar-refractivity contribution < 1.29 is 17.9 Å². The van der Waals surface area contributed by atoms with E-state index in [1.807, 2.05) is 28.8 Å². The number of nitrogens with zero attached hydrogens (tertiary/aromatic N) is 3. The number of benzene rings is 2. The molecule has 1 heterocycles. The number of thiazole rings is 1. The summed E-state index contributed by atoms with van der Waals surface area (Å²) in [6, 6.07) is 13.6. The molecule has 0 saturated heterocycles. The van der Waals surface area contributed by atoms with Crippen LogP contribution in [0.5, 0.6) is 0 Å². The van der Waals surface area contributed by atoms with Crippen molar-refractivity contribution in [1.29, 1.82) is 0 Å². The Labute approximate surface area is 191 Å². The third-order valence-electron chi connectivity index (χ3n) is 4.71. The summed E-state index contributed by atoms with van der Waals surface area (Å²) in [6.07, 6.45) is 3.03. The topological polar surface area (TPSA) is 81.0 Å². The van der Waals surface area contributed by atoms with Crippen LogP contribution in [0.4, 0.5) is 0 Å². The predicted octanol–water partition coefficient (Wildman–Crippen LogP) is 3.45. The highest BCUT2D eigenvalue weighted by Crippen LogP contribution is 2.19. The lowest BCUT2D eigenvalue weighted by atomic mass is 10.2. The zero-order valence-electron chi connectivity index (χ0n) is 17.8. The van der Waals surface area contributed by atoms with Crippen LogP contribution >= 0.6 is 11.3 Å². The molecule has 3 aromatic rings. The predicted molar refractivity (Wildman–Crippen MR) is 127 cm³/mol. The van der Waals surface area contributed by atoms with E-state index >= 15 is 0 Å². The third kappa shape index (κ3) is 5.13. The van der Waals surface area contributed by atoms with E-state index in [1.54, 1.807) is 7.11 Å². The van der Waals surface area contributed by atoms with E-state index in [4.69, 9.17) is 4.74 Å². The molecule has 0 aliphatic heterocycles. The van der Waals surface area contributed by atoms with Gasteiger partial charge in [0.2, 0.25) is 10.0 Å². The first-order valence-electron chi connectivity index (χ1n) is 9.90. The SMILES string of the molecule is C=CCN(CC=C)S(=O)(=O)c1ccc(C(=O)N=c2sc3ccccc3n2CCOC)cc1. The van der Waals surface area contributed by atoms with Crippen molar-refractivity contribution in [2.75, 3.05) is 26.8 Å². The maximum atomic E-state index is 12.8. The van der Waals surface area contributed by atoms with Gasteiger partial charge >= 0.3 is 0 Å². The summed E-state index contributed by atoms with van der Waals surface area (Å²) >= 11 is 1.42. The molecule has 9 heteroatoms. The van der Waals surface area contributed by atoms with Crippen LogP contribution in [0, 0.1) is 0 Å². The van der Waals surface area contributed by atoms with Crippen LogP contribution in [0.3, 0.4) is 0 Å². The Balaban J connectivity index is 1.93. The molecule has 1 amide bonds. The molecule has 0 atom stereocenters. The first-order chi connectivity index (χ1) is 15.4. The number of ether oxygens (including phenoxy) is 1. The van der Waals surface area contributed by atoms with Crippen LogP contribution in [0.1, 0.15) is 10.4 Å². The molecular formula is C23H25N3O4S2. The molecule has 168 valence electrons. The highest BCUT2D eigenvalue weighted by atomic mass is 32.2. The van der Waals surface area contributed by atoms with Gasteiger partial charge in [0.15, 0.2) is 4.80 Å². The second-order valence-electron chi connectivity index (χ2n) is 6.84. The Morgan fingerprint density at radius 2 is 1.78 bits per heavy atom. The second kappa shape index (κ2) is 10.6. The van der Waals surface area contributed by atoms with E-state index < -0.39 is 15.9 Å². The van der Waals surface area contributed by atoms with E-state index in [1.165, 1.54) is 52.1 Å². The molecule has 0 aliphatic rings. The van der Waals surface area contributed by atoms with Crippen molar-refractivity contribution in [3.8, 4) is 0 Å². The molecule has 0 bridgehead atoms. The quantitative estimate of drug-likeness (QED) is 0.424. The number of amides is 1. The number of carbonyl (C=O) groups is 1. The highest BCUT2D eigenvalue weighted by molar-refractivity contribution is 7.89. The molecule has 32 heavy (non-hydrogen) atoms. The van der Waals surface area contributed by atoms with Crippen LogP contribution in [0.15, 0.2) is 83.7 Å². The number of para-hydroxylation sites is 1. The fourth-order valence-corrected chi connectivity index (χ4v) is 5.57. The first-order valence-corrected chi connectivity index (χ1v) is 12.2. The lowest BCUT2D eigenvalue weighted by molar-refractivity contribution is 0.0997. The van der Waals surface area contributed by atoms with Gasteiger partial charge in [0.25, 0.3) is 5.91 Å². The van der Waals surface area contributed by atoms with Crippen LogP contribution in [0.2, 0.25) is 0 Å². The molecule has 0 spiro atoms. The standard InChI is InChI=1S/C23H25N3O4S2/c1-4-14-25(15-5-2)32(28,29)19-12-10-18(11-13-19)22(27)24-23-26(16-17-30-3)20-8-6-7-9-21(20)31-23/h4-13H,1-2,14-17H2,3H3. The summed E-state index contributed by atoms with van der Waals surface area (Å²) in [6.45, 7) is 8.58. The summed E-state index contributed by atoms with van der Waals surface area (Å²) in [4.78, 5) is 17.8. The van der Waals surface area contributed by atoms with Gasteiger partial charge < -0.3 is 9.30 Å². The molecule has 7 nitrogen and oxygen atoms in total. The maximum absolute atomic E-state index is 12.8. The normalized spacial score (nSPS) is 12.4. The van der Waals surface area contributed by atoms with E-state index in [9.17, 15) is 13.2 Å². The molecule has 0 radical (unpaired) electrons. The molecule has 0 fully saturated rings. The van der Waals surface area contributed by atoms with E-state index in [-0.39, 0.29) is 18.0 Å². The van der Waals surface area contributed by atoms with Crippen molar-refractivity contribution in [2.24, 2.45) is 4.99 Å². The Kier molecular flexibility index (Phi) is 7.92. The summed E-state index contributed by atoms with van der Waals surface area (Å²) in [5.41, 5.74) is 1.28. The van der Waals surface area contributed by atoms with Gasteiger partial charge in [0.1, 0.15) is 0 Å². The van der Waals surface area contributed by atoms with Crippen molar-refractivity contribution in [3.63, 3.8) is 0 Å². The Hall–Kier alpha value is -2.85. The number of methoxy groups -OCH3 is 1. The van der Waals surface area contributed by atoms with Crippen molar-refractivity contribution in [2.45, 2.75) is 11.4 Å². The van der Waals surface area contributed by atoms with Gasteiger partial charge in [-0.2, -0.15) is 9.30 Å². The average molecular weight is 472 g/mol. The van der Waals surface area contributed by atoms with Crippen molar-refractivity contribution in [3.05, 3.63) is 84.2 Å². The van der Waals surface area contributed by atoms with E-state index in [2.05, 4.69) is 18.2 Å². The second-order valence-corrected chi connectivity index (χ2v) is 9.78.